The van der Waals surface area contributed by atoms with Crippen molar-refractivity contribution in [1.82, 2.24) is 10.6 Å². The van der Waals surface area contributed by atoms with E-state index in [-0.39, 0.29) is 18.2 Å². The molecular weight excluding hydrogens is 220 g/mol. The number of carbonyl (C=O) groups excluding carboxylic acids is 1. The maximum absolute atomic E-state index is 12.0. The summed E-state index contributed by atoms with van der Waals surface area (Å²) in [4.78, 5) is 22.5. The van der Waals surface area contributed by atoms with E-state index in [4.69, 9.17) is 5.11 Å². The van der Waals surface area contributed by atoms with Gasteiger partial charge in [-0.2, -0.15) is 0 Å². The Balaban J connectivity index is 2.39. The third-order valence-corrected chi connectivity index (χ3v) is 3.09. The van der Waals surface area contributed by atoms with Crippen molar-refractivity contribution >= 4 is 11.9 Å². The standard InChI is InChI=1S/C12H22N2O3/c1-12(2,6-5-10(15)16)14-11(17)9-4-3-7-13-8-9/h9,13H,3-8H2,1-2H3,(H,14,17)(H,15,16)/t9-/m1/s1. The summed E-state index contributed by atoms with van der Waals surface area (Å²) < 4.78 is 0. The number of aliphatic carboxylic acids is 1. The van der Waals surface area contributed by atoms with Crippen LogP contribution in [0, 0.1) is 5.92 Å². The zero-order chi connectivity index (χ0) is 12.9. The van der Waals surface area contributed by atoms with Gasteiger partial charge >= 0.3 is 5.97 Å². The minimum atomic E-state index is -0.827. The first-order valence-corrected chi connectivity index (χ1v) is 6.15. The van der Waals surface area contributed by atoms with E-state index in [9.17, 15) is 9.59 Å². The van der Waals surface area contributed by atoms with Crippen molar-refractivity contribution in [3.8, 4) is 0 Å². The zero-order valence-corrected chi connectivity index (χ0v) is 10.6. The highest BCUT2D eigenvalue weighted by molar-refractivity contribution is 5.79. The van der Waals surface area contributed by atoms with Crippen LogP contribution in [-0.4, -0.2) is 35.6 Å². The van der Waals surface area contributed by atoms with Crippen molar-refractivity contribution < 1.29 is 14.7 Å². The molecule has 0 aromatic rings. The van der Waals surface area contributed by atoms with E-state index >= 15 is 0 Å². The molecule has 1 fully saturated rings. The van der Waals surface area contributed by atoms with Gasteiger partial charge in [0.15, 0.2) is 0 Å². The fraction of sp³-hybridized carbons (Fsp3) is 0.833. The van der Waals surface area contributed by atoms with Gasteiger partial charge in [-0.1, -0.05) is 0 Å². The number of carboxylic acid groups (broad SMARTS) is 1. The lowest BCUT2D eigenvalue weighted by atomic mass is 9.94. The summed E-state index contributed by atoms with van der Waals surface area (Å²) in [5.41, 5.74) is -0.451. The number of carboxylic acids is 1. The van der Waals surface area contributed by atoms with Crippen LogP contribution < -0.4 is 10.6 Å². The summed E-state index contributed by atoms with van der Waals surface area (Å²) >= 11 is 0. The minimum Gasteiger partial charge on any atom is -0.481 e. The Kier molecular flexibility index (Phi) is 4.93. The molecule has 1 amide bonds. The van der Waals surface area contributed by atoms with E-state index in [1.165, 1.54) is 0 Å². The van der Waals surface area contributed by atoms with Gasteiger partial charge in [-0.25, -0.2) is 0 Å². The molecule has 1 atom stereocenters. The number of carbonyl (C=O) groups is 2. The topological polar surface area (TPSA) is 78.4 Å². The summed E-state index contributed by atoms with van der Waals surface area (Å²) in [6.45, 7) is 5.43. The maximum atomic E-state index is 12.0. The van der Waals surface area contributed by atoms with E-state index in [0.717, 1.165) is 25.9 Å². The zero-order valence-electron chi connectivity index (χ0n) is 10.6. The molecule has 0 aromatic carbocycles. The molecule has 5 heteroatoms. The first-order valence-electron chi connectivity index (χ1n) is 6.15. The molecule has 1 aliphatic rings. The van der Waals surface area contributed by atoms with Gasteiger partial charge in [0, 0.05) is 18.5 Å². The fourth-order valence-electron chi connectivity index (χ4n) is 1.99. The third-order valence-electron chi connectivity index (χ3n) is 3.09. The van der Waals surface area contributed by atoms with Crippen molar-refractivity contribution in [2.24, 2.45) is 5.92 Å². The van der Waals surface area contributed by atoms with E-state index < -0.39 is 11.5 Å². The van der Waals surface area contributed by atoms with Gasteiger partial charge in [0.05, 0.1) is 5.92 Å². The molecule has 1 saturated heterocycles. The highest BCUT2D eigenvalue weighted by atomic mass is 16.4. The number of rotatable bonds is 5. The Morgan fingerprint density at radius 2 is 2.18 bits per heavy atom. The van der Waals surface area contributed by atoms with Gasteiger partial charge in [-0.05, 0) is 39.7 Å². The number of nitrogens with one attached hydrogen (secondary N) is 2. The molecule has 0 radical (unpaired) electrons. The molecule has 0 saturated carbocycles. The normalized spacial score (nSPS) is 20.9. The van der Waals surface area contributed by atoms with Gasteiger partial charge in [-0.15, -0.1) is 0 Å². The van der Waals surface area contributed by atoms with Gasteiger partial charge in [0.2, 0.25) is 5.91 Å². The van der Waals surface area contributed by atoms with Crippen molar-refractivity contribution in [1.29, 1.82) is 0 Å². The second kappa shape index (κ2) is 6.00. The van der Waals surface area contributed by atoms with Gasteiger partial charge < -0.3 is 15.7 Å². The quantitative estimate of drug-likeness (QED) is 0.664. The largest absolute Gasteiger partial charge is 0.481 e. The molecule has 17 heavy (non-hydrogen) atoms. The molecule has 98 valence electrons. The molecule has 0 spiro atoms. The van der Waals surface area contributed by atoms with E-state index in [0.29, 0.717) is 6.42 Å². The predicted molar refractivity (Wildman–Crippen MR) is 64.7 cm³/mol. The summed E-state index contributed by atoms with van der Waals surface area (Å²) in [6.07, 6.45) is 2.46. The average molecular weight is 242 g/mol. The van der Waals surface area contributed by atoms with Crippen LogP contribution in [0.2, 0.25) is 0 Å². The second-order valence-electron chi connectivity index (χ2n) is 5.31. The van der Waals surface area contributed by atoms with E-state index in [1.54, 1.807) is 0 Å². The first kappa shape index (κ1) is 14.0. The van der Waals surface area contributed by atoms with Crippen LogP contribution in [-0.2, 0) is 9.59 Å². The molecule has 0 aliphatic carbocycles. The lowest BCUT2D eigenvalue weighted by Crippen LogP contribution is -2.49. The lowest BCUT2D eigenvalue weighted by Gasteiger charge is -2.30. The number of hydrogen-bond acceptors (Lipinski definition) is 3. The molecule has 3 N–H and O–H groups in total. The highest BCUT2D eigenvalue weighted by Crippen LogP contribution is 2.15. The fourth-order valence-corrected chi connectivity index (χ4v) is 1.99. The number of amides is 1. The van der Waals surface area contributed by atoms with Crippen molar-refractivity contribution in [2.75, 3.05) is 13.1 Å². The molecular formula is C12H22N2O3. The predicted octanol–water partition coefficient (Wildman–Crippen LogP) is 0.746. The Bertz CT molecular complexity index is 283. The van der Waals surface area contributed by atoms with Crippen molar-refractivity contribution in [3.05, 3.63) is 0 Å². The van der Waals surface area contributed by atoms with E-state index in [2.05, 4.69) is 10.6 Å². The summed E-state index contributed by atoms with van der Waals surface area (Å²) in [5, 5.41) is 14.8. The van der Waals surface area contributed by atoms with Gasteiger partial charge in [-0.3, -0.25) is 9.59 Å². The monoisotopic (exact) mass is 242 g/mol. The van der Waals surface area contributed by atoms with Crippen molar-refractivity contribution in [3.63, 3.8) is 0 Å². The van der Waals surface area contributed by atoms with Crippen LogP contribution in [0.3, 0.4) is 0 Å². The number of hydrogen-bond donors (Lipinski definition) is 3. The molecule has 1 rings (SSSR count). The Morgan fingerprint density at radius 3 is 2.71 bits per heavy atom. The third kappa shape index (κ3) is 5.17. The molecule has 0 unspecified atom stereocenters. The Hall–Kier alpha value is -1.10. The number of piperidine rings is 1. The van der Waals surface area contributed by atoms with Crippen molar-refractivity contribution in [2.45, 2.75) is 45.1 Å². The maximum Gasteiger partial charge on any atom is 0.303 e. The molecule has 0 bridgehead atoms. The summed E-state index contributed by atoms with van der Waals surface area (Å²) in [6, 6.07) is 0. The average Bonchev–Trinajstić information content (AvgIpc) is 2.27. The molecule has 5 nitrogen and oxygen atoms in total. The SMILES string of the molecule is CC(C)(CCC(=O)O)NC(=O)[C@@H]1CCCNC1. The van der Waals surface area contributed by atoms with Gasteiger partial charge in [0.1, 0.15) is 0 Å². The van der Waals surface area contributed by atoms with E-state index in [1.807, 2.05) is 13.8 Å². The highest BCUT2D eigenvalue weighted by Gasteiger charge is 2.27. The van der Waals surface area contributed by atoms with Gasteiger partial charge in [0.25, 0.3) is 0 Å². The van der Waals surface area contributed by atoms with Crippen LogP contribution in [0.15, 0.2) is 0 Å². The lowest BCUT2D eigenvalue weighted by molar-refractivity contribution is -0.138. The molecule has 1 heterocycles. The minimum absolute atomic E-state index is 0.0212. The Labute approximate surface area is 102 Å². The van der Waals surface area contributed by atoms with Crippen LogP contribution in [0.1, 0.15) is 39.5 Å². The second-order valence-corrected chi connectivity index (χ2v) is 5.31. The van der Waals surface area contributed by atoms with Crippen LogP contribution >= 0.6 is 0 Å². The van der Waals surface area contributed by atoms with Crippen LogP contribution in [0.5, 0.6) is 0 Å². The summed E-state index contributed by atoms with van der Waals surface area (Å²) in [7, 11) is 0. The molecule has 0 aromatic heterocycles. The Morgan fingerprint density at radius 1 is 1.47 bits per heavy atom. The van der Waals surface area contributed by atoms with Crippen LogP contribution in [0.4, 0.5) is 0 Å². The van der Waals surface area contributed by atoms with Crippen LogP contribution in [0.25, 0.3) is 0 Å². The molecule has 1 aliphatic heterocycles. The smallest absolute Gasteiger partial charge is 0.303 e. The first-order chi connectivity index (χ1) is 7.91. The summed E-state index contributed by atoms with van der Waals surface area (Å²) in [5.74, 6) is -0.771.